The molecule has 0 spiro atoms. The zero-order valence-electron chi connectivity index (χ0n) is 10.8. The van der Waals surface area contributed by atoms with Gasteiger partial charge in [-0.25, -0.2) is 4.98 Å². The first-order valence-electron chi connectivity index (χ1n) is 5.95. The van der Waals surface area contributed by atoms with Crippen molar-refractivity contribution in [2.75, 3.05) is 6.61 Å². The van der Waals surface area contributed by atoms with Crippen molar-refractivity contribution in [3.8, 4) is 11.8 Å². The highest BCUT2D eigenvalue weighted by molar-refractivity contribution is 7.09. The van der Waals surface area contributed by atoms with E-state index in [1.54, 1.807) is 18.5 Å². The van der Waals surface area contributed by atoms with Crippen LogP contribution in [0.25, 0.3) is 0 Å². The van der Waals surface area contributed by atoms with Crippen LogP contribution >= 0.6 is 11.3 Å². The van der Waals surface area contributed by atoms with Gasteiger partial charge >= 0.3 is 0 Å². The van der Waals surface area contributed by atoms with Crippen molar-refractivity contribution in [3.05, 3.63) is 46.2 Å². The number of thiazole rings is 1. The van der Waals surface area contributed by atoms with E-state index in [4.69, 9.17) is 5.11 Å². The zero-order chi connectivity index (χ0) is 14.4. The first-order chi connectivity index (χ1) is 9.70. The molecule has 20 heavy (non-hydrogen) atoms. The largest absolute Gasteiger partial charge is 0.384 e. The Morgan fingerprint density at radius 2 is 2.40 bits per heavy atom. The number of carbonyl (C=O) groups excluding carboxylic acids is 1. The number of nitrogens with zero attached hydrogens (tertiary/aromatic N) is 2. The summed E-state index contributed by atoms with van der Waals surface area (Å²) in [6, 6.07) is 1.48. The molecule has 1 atom stereocenters. The van der Waals surface area contributed by atoms with E-state index in [1.165, 1.54) is 17.5 Å². The van der Waals surface area contributed by atoms with E-state index in [9.17, 15) is 4.79 Å². The maximum absolute atomic E-state index is 12.1. The van der Waals surface area contributed by atoms with E-state index in [2.05, 4.69) is 27.1 Å². The van der Waals surface area contributed by atoms with Gasteiger partial charge in [0.25, 0.3) is 5.91 Å². The van der Waals surface area contributed by atoms with Gasteiger partial charge in [-0.05, 0) is 13.0 Å². The van der Waals surface area contributed by atoms with E-state index >= 15 is 0 Å². The minimum atomic E-state index is -0.229. The molecule has 1 unspecified atom stereocenters. The lowest BCUT2D eigenvalue weighted by atomic mass is 10.2. The second kappa shape index (κ2) is 6.80. The molecule has 2 rings (SSSR count). The number of nitrogens with one attached hydrogen (secondary N) is 1. The van der Waals surface area contributed by atoms with Gasteiger partial charge < -0.3 is 10.4 Å². The highest BCUT2D eigenvalue weighted by Crippen LogP contribution is 2.15. The van der Waals surface area contributed by atoms with Crippen molar-refractivity contribution in [2.24, 2.45) is 0 Å². The van der Waals surface area contributed by atoms with Crippen LogP contribution in [-0.4, -0.2) is 27.6 Å². The summed E-state index contributed by atoms with van der Waals surface area (Å²) in [5, 5.41) is 14.2. The van der Waals surface area contributed by atoms with Crippen molar-refractivity contribution in [1.29, 1.82) is 0 Å². The summed E-state index contributed by atoms with van der Waals surface area (Å²) < 4.78 is 0. The van der Waals surface area contributed by atoms with Crippen molar-refractivity contribution >= 4 is 17.2 Å². The minimum Gasteiger partial charge on any atom is -0.384 e. The molecule has 2 aromatic heterocycles. The van der Waals surface area contributed by atoms with Crippen LogP contribution in [0, 0.1) is 11.8 Å². The van der Waals surface area contributed by atoms with Gasteiger partial charge in [-0.15, -0.1) is 11.3 Å². The van der Waals surface area contributed by atoms with Gasteiger partial charge in [0.2, 0.25) is 0 Å². The first-order valence-corrected chi connectivity index (χ1v) is 6.83. The second-order valence-electron chi connectivity index (χ2n) is 3.99. The number of aromatic nitrogens is 2. The third-order valence-electron chi connectivity index (χ3n) is 2.48. The summed E-state index contributed by atoms with van der Waals surface area (Å²) in [6.07, 6.45) is 4.73. The Kier molecular flexibility index (Phi) is 4.82. The standard InChI is InChI=1S/C14H13N3O2S/c1-10(14-16-4-6-20-14)17-13(19)12-7-11(3-2-5-18)8-15-9-12/h4,6-10,18H,5H2,1H3,(H,17,19). The Hall–Kier alpha value is -2.23. The molecule has 0 radical (unpaired) electrons. The monoisotopic (exact) mass is 287 g/mol. The molecule has 0 aliphatic heterocycles. The Morgan fingerprint density at radius 1 is 1.55 bits per heavy atom. The van der Waals surface area contributed by atoms with Gasteiger partial charge in [-0.1, -0.05) is 11.8 Å². The maximum Gasteiger partial charge on any atom is 0.253 e. The van der Waals surface area contributed by atoms with Crippen LogP contribution < -0.4 is 5.32 Å². The first kappa shape index (κ1) is 14.2. The van der Waals surface area contributed by atoms with Gasteiger partial charge in [0.1, 0.15) is 11.6 Å². The smallest absolute Gasteiger partial charge is 0.253 e. The molecule has 0 aromatic carbocycles. The van der Waals surface area contributed by atoms with Crippen LogP contribution in [0.1, 0.15) is 33.9 Å². The second-order valence-corrected chi connectivity index (χ2v) is 4.91. The number of pyridine rings is 1. The molecule has 0 saturated carbocycles. The van der Waals surface area contributed by atoms with E-state index in [-0.39, 0.29) is 18.6 Å². The van der Waals surface area contributed by atoms with Crippen LogP contribution in [0.4, 0.5) is 0 Å². The van der Waals surface area contributed by atoms with Gasteiger partial charge in [-0.2, -0.15) is 0 Å². The highest BCUT2D eigenvalue weighted by Gasteiger charge is 2.13. The average Bonchev–Trinajstić information content (AvgIpc) is 2.99. The summed E-state index contributed by atoms with van der Waals surface area (Å²) in [7, 11) is 0. The molecule has 1 amide bonds. The third kappa shape index (κ3) is 3.63. The number of aliphatic hydroxyl groups excluding tert-OH is 1. The number of hydrogen-bond acceptors (Lipinski definition) is 5. The Bertz CT molecular complexity index is 644. The summed E-state index contributed by atoms with van der Waals surface area (Å²) in [4.78, 5) is 20.2. The van der Waals surface area contributed by atoms with Gasteiger partial charge in [0.15, 0.2) is 0 Å². The van der Waals surface area contributed by atoms with E-state index < -0.39 is 0 Å². The summed E-state index contributed by atoms with van der Waals surface area (Å²) in [5.74, 6) is 5.01. The SMILES string of the molecule is CC(NC(=O)c1cncc(C#CCO)c1)c1nccs1. The molecular formula is C14H13N3O2S. The topological polar surface area (TPSA) is 75.1 Å². The lowest BCUT2D eigenvalue weighted by Crippen LogP contribution is -2.26. The molecule has 2 aromatic rings. The van der Waals surface area contributed by atoms with Gasteiger partial charge in [-0.3, -0.25) is 9.78 Å². The molecule has 6 heteroatoms. The fraction of sp³-hybridized carbons (Fsp3) is 0.214. The molecule has 102 valence electrons. The summed E-state index contributed by atoms with van der Waals surface area (Å²) in [5.41, 5.74) is 1.02. The molecule has 0 saturated heterocycles. The number of hydrogen-bond donors (Lipinski definition) is 2. The number of amides is 1. The highest BCUT2D eigenvalue weighted by atomic mass is 32.1. The van der Waals surface area contributed by atoms with Crippen LogP contribution in [-0.2, 0) is 0 Å². The van der Waals surface area contributed by atoms with Crippen LogP contribution in [0.15, 0.2) is 30.0 Å². The van der Waals surface area contributed by atoms with Crippen molar-refractivity contribution in [2.45, 2.75) is 13.0 Å². The molecule has 0 fully saturated rings. The van der Waals surface area contributed by atoms with E-state index in [0.29, 0.717) is 11.1 Å². The predicted octanol–water partition coefficient (Wildman–Crippen LogP) is 1.37. The lowest BCUT2D eigenvalue weighted by molar-refractivity contribution is 0.0939. The molecule has 0 bridgehead atoms. The molecule has 0 aliphatic carbocycles. The van der Waals surface area contributed by atoms with Crippen molar-refractivity contribution in [3.63, 3.8) is 0 Å². The van der Waals surface area contributed by atoms with Crippen LogP contribution in [0.2, 0.25) is 0 Å². The van der Waals surface area contributed by atoms with Crippen LogP contribution in [0.3, 0.4) is 0 Å². The molecule has 0 aliphatic rings. The van der Waals surface area contributed by atoms with Crippen LogP contribution in [0.5, 0.6) is 0 Å². The van der Waals surface area contributed by atoms with Gasteiger partial charge in [0, 0.05) is 29.5 Å². The minimum absolute atomic E-state index is 0.158. The molecule has 5 nitrogen and oxygen atoms in total. The fourth-order valence-electron chi connectivity index (χ4n) is 1.56. The lowest BCUT2D eigenvalue weighted by Gasteiger charge is -2.11. The Balaban J connectivity index is 2.09. The Morgan fingerprint density at radius 3 is 3.10 bits per heavy atom. The normalized spacial score (nSPS) is 11.3. The molecule has 2 N–H and O–H groups in total. The average molecular weight is 287 g/mol. The van der Waals surface area contributed by atoms with E-state index in [1.807, 2.05) is 12.3 Å². The zero-order valence-corrected chi connectivity index (χ0v) is 11.6. The summed E-state index contributed by atoms with van der Waals surface area (Å²) >= 11 is 1.49. The number of rotatable bonds is 3. The number of carbonyl (C=O) groups is 1. The fourth-order valence-corrected chi connectivity index (χ4v) is 2.21. The third-order valence-corrected chi connectivity index (χ3v) is 3.44. The Labute approximate surface area is 120 Å². The summed E-state index contributed by atoms with van der Waals surface area (Å²) in [6.45, 7) is 1.65. The quantitative estimate of drug-likeness (QED) is 0.836. The molecular weight excluding hydrogens is 274 g/mol. The predicted molar refractivity (Wildman–Crippen MR) is 76.2 cm³/mol. The number of aliphatic hydroxyl groups is 1. The molecule has 2 heterocycles. The van der Waals surface area contributed by atoms with E-state index in [0.717, 1.165) is 5.01 Å². The van der Waals surface area contributed by atoms with Crippen molar-refractivity contribution in [1.82, 2.24) is 15.3 Å². The maximum atomic E-state index is 12.1. The van der Waals surface area contributed by atoms with Gasteiger partial charge in [0.05, 0.1) is 11.6 Å². The van der Waals surface area contributed by atoms with Crippen molar-refractivity contribution < 1.29 is 9.90 Å².